The molecular weight excluding hydrogens is 548 g/mol. The van der Waals surface area contributed by atoms with Crippen molar-refractivity contribution in [1.29, 1.82) is 0 Å². The molecule has 1 amide bonds. The highest BCUT2D eigenvalue weighted by Gasteiger charge is 2.46. The number of halogens is 6. The molecular formula is C24H23F6N7O3. The molecule has 16 heteroatoms. The van der Waals surface area contributed by atoms with Crippen molar-refractivity contribution in [3.05, 3.63) is 35.8 Å². The average Bonchev–Trinajstić information content (AvgIpc) is 3.39. The van der Waals surface area contributed by atoms with Crippen LogP contribution in [0.3, 0.4) is 0 Å². The first-order chi connectivity index (χ1) is 20.1. The van der Waals surface area contributed by atoms with Crippen LogP contribution in [0.4, 0.5) is 32.3 Å². The molecule has 0 radical (unpaired) electrons. The lowest BCUT2D eigenvalue weighted by Gasteiger charge is -2.38. The average molecular weight is 575 g/mol. The largest absolute Gasteiger partial charge is 0.479 e. The molecule has 2 N–H and O–H groups in total. The Morgan fingerprint density at radius 3 is 2.75 bits per heavy atom. The van der Waals surface area contributed by atoms with Gasteiger partial charge in [0.05, 0.1) is 47.6 Å². The Morgan fingerprint density at radius 1 is 1.30 bits per heavy atom. The molecule has 4 heterocycles. The van der Waals surface area contributed by atoms with Crippen LogP contribution in [-0.2, 0) is 11.3 Å². The van der Waals surface area contributed by atoms with Gasteiger partial charge >= 0.3 is 0 Å². The third-order valence-electron chi connectivity index (χ3n) is 6.65. The molecule has 5 rings (SSSR count). The molecule has 3 aromatic heterocycles. The second-order valence-corrected chi connectivity index (χ2v) is 9.19. The van der Waals surface area contributed by atoms with Gasteiger partial charge in [0.2, 0.25) is 17.7 Å². The van der Waals surface area contributed by atoms with Gasteiger partial charge in [0.1, 0.15) is 23.5 Å². The Balaban J connectivity index is 1.61. The molecule has 1 fully saturated rings. The maximum Gasteiger partial charge on any atom is 0.285 e. The van der Waals surface area contributed by atoms with Crippen molar-refractivity contribution >= 4 is 28.4 Å². The van der Waals surface area contributed by atoms with Crippen LogP contribution in [0.15, 0.2) is 18.3 Å². The Bertz CT molecular complexity index is 1710. The highest BCUT2D eigenvalue weighted by atomic mass is 19.3. The van der Waals surface area contributed by atoms with E-state index in [0.717, 1.165) is 26.2 Å². The number of hydrogen-bond acceptors (Lipinski definition) is 7. The number of ether oxygens (including phenoxy) is 1. The van der Waals surface area contributed by atoms with Gasteiger partial charge in [-0.2, -0.15) is 4.98 Å². The van der Waals surface area contributed by atoms with E-state index < -0.39 is 85.6 Å². The van der Waals surface area contributed by atoms with E-state index in [4.69, 9.17) is 14.0 Å². The van der Waals surface area contributed by atoms with E-state index in [1.165, 1.54) is 13.0 Å². The van der Waals surface area contributed by atoms with E-state index in [9.17, 15) is 22.4 Å². The molecule has 1 aliphatic heterocycles. The number of aryl methyl sites for hydroxylation is 1. The fourth-order valence-corrected chi connectivity index (χ4v) is 4.82. The van der Waals surface area contributed by atoms with Crippen molar-refractivity contribution in [3.8, 4) is 17.0 Å². The van der Waals surface area contributed by atoms with Crippen LogP contribution < -0.4 is 10.1 Å². The number of piperidine rings is 1. The van der Waals surface area contributed by atoms with Gasteiger partial charge in [0.25, 0.3) is 12.3 Å². The molecule has 214 valence electrons. The lowest BCUT2D eigenvalue weighted by Crippen LogP contribution is -2.56. The number of aliphatic hydroxyl groups is 1. The number of nitrogens with one attached hydrogen (secondary N) is 1. The van der Waals surface area contributed by atoms with Crippen molar-refractivity contribution in [3.63, 3.8) is 0 Å². The van der Waals surface area contributed by atoms with Crippen LogP contribution >= 0.6 is 0 Å². The summed E-state index contributed by atoms with van der Waals surface area (Å²) in [7, 11) is -3.16. The number of benzene rings is 1. The van der Waals surface area contributed by atoms with Gasteiger partial charge in [-0.1, -0.05) is 0 Å². The van der Waals surface area contributed by atoms with Crippen LogP contribution in [0.2, 0.25) is 0 Å². The lowest BCUT2D eigenvalue weighted by molar-refractivity contribution is -0.145. The normalized spacial score (nSPS) is 18.7. The first kappa shape index (κ1) is 23.8. The zero-order valence-electron chi connectivity index (χ0n) is 23.6. The Morgan fingerprint density at radius 2 is 2.08 bits per heavy atom. The molecule has 4 aromatic rings. The molecule has 0 aliphatic carbocycles. The molecule has 0 saturated carbocycles. The SMILES string of the molecule is [2H]C([2H])([2H])Oc1nc(N[C@@H]2CCN(C(=O)CO)CC2(F)F)nn2cc(F)c(-c3cc(F)c4nc(C)n(CC(F)F)c4c3)c12. The summed E-state index contributed by atoms with van der Waals surface area (Å²) in [6.07, 6.45) is -2.37. The highest BCUT2D eigenvalue weighted by molar-refractivity contribution is 5.90. The molecule has 1 saturated heterocycles. The number of carbonyl (C=O) groups is 1. The molecule has 0 bridgehead atoms. The molecule has 10 nitrogen and oxygen atoms in total. The summed E-state index contributed by atoms with van der Waals surface area (Å²) in [6, 6.07) is 0.405. The number of anilines is 1. The summed E-state index contributed by atoms with van der Waals surface area (Å²) >= 11 is 0. The first-order valence-corrected chi connectivity index (χ1v) is 11.8. The quantitative estimate of drug-likeness (QED) is 0.326. The van der Waals surface area contributed by atoms with E-state index in [2.05, 4.69) is 20.4 Å². The smallest absolute Gasteiger partial charge is 0.285 e. The Kier molecular flexibility index (Phi) is 6.03. The number of fused-ring (bicyclic) bond motifs is 2. The molecule has 0 spiro atoms. The number of alkyl halides is 4. The standard InChI is InChI=1S/C24H23F6N7O3/c1-11-31-20-13(25)5-12(6-15(20)36(11)8-17(27)28)19-14(26)7-37-21(19)22(40-2)33-23(34-37)32-16-3-4-35(18(39)9-38)10-24(16,29)30/h5-7,16-17,38H,3-4,8-10H2,1-2H3,(H,32,34)/t16-/m1/s1/i2D3. The molecule has 0 unspecified atom stereocenters. The lowest BCUT2D eigenvalue weighted by atomic mass is 10.0. The number of aromatic nitrogens is 5. The van der Waals surface area contributed by atoms with E-state index in [0.29, 0.717) is 0 Å². The zero-order chi connectivity index (χ0) is 31.4. The van der Waals surface area contributed by atoms with E-state index >= 15 is 8.78 Å². The van der Waals surface area contributed by atoms with Gasteiger partial charge in [0, 0.05) is 6.54 Å². The second-order valence-electron chi connectivity index (χ2n) is 9.19. The fourth-order valence-electron chi connectivity index (χ4n) is 4.82. The van der Waals surface area contributed by atoms with E-state index in [-0.39, 0.29) is 35.4 Å². The predicted octanol–water partition coefficient (Wildman–Crippen LogP) is 3.25. The van der Waals surface area contributed by atoms with Gasteiger partial charge < -0.3 is 24.6 Å². The predicted molar refractivity (Wildman–Crippen MR) is 130 cm³/mol. The minimum atomic E-state index is -3.54. The van der Waals surface area contributed by atoms with Crippen molar-refractivity contribution in [2.45, 2.75) is 38.3 Å². The van der Waals surface area contributed by atoms with Gasteiger partial charge in [-0.25, -0.2) is 35.8 Å². The summed E-state index contributed by atoms with van der Waals surface area (Å²) in [6.45, 7) is -1.56. The number of hydrogen-bond donors (Lipinski definition) is 2. The minimum absolute atomic E-state index is 0.0717. The number of imidazole rings is 1. The number of amides is 1. The van der Waals surface area contributed by atoms with Crippen molar-refractivity contribution in [1.82, 2.24) is 29.0 Å². The molecule has 1 aromatic carbocycles. The molecule has 1 aliphatic rings. The van der Waals surface area contributed by atoms with Gasteiger partial charge in [-0.3, -0.25) is 4.79 Å². The van der Waals surface area contributed by atoms with Crippen LogP contribution in [0.5, 0.6) is 5.88 Å². The van der Waals surface area contributed by atoms with Gasteiger partial charge in [-0.05, 0) is 31.0 Å². The number of nitrogens with zero attached hydrogens (tertiary/aromatic N) is 6. The van der Waals surface area contributed by atoms with Gasteiger partial charge in [0.15, 0.2) is 11.6 Å². The number of likely N-dealkylation sites (tertiary alicyclic amines) is 1. The van der Waals surface area contributed by atoms with Crippen molar-refractivity contribution in [2.75, 3.05) is 32.1 Å². The highest BCUT2D eigenvalue weighted by Crippen LogP contribution is 2.37. The summed E-state index contributed by atoms with van der Waals surface area (Å²) in [5.74, 6) is -7.75. The Labute approximate surface area is 226 Å². The zero-order valence-corrected chi connectivity index (χ0v) is 20.6. The van der Waals surface area contributed by atoms with E-state index in [1.807, 2.05) is 0 Å². The number of rotatable bonds is 7. The first-order valence-electron chi connectivity index (χ1n) is 13.3. The molecule has 40 heavy (non-hydrogen) atoms. The van der Waals surface area contributed by atoms with Crippen molar-refractivity contribution < 1.29 is 45.1 Å². The maximum atomic E-state index is 15.5. The summed E-state index contributed by atoms with van der Waals surface area (Å²) in [5, 5.41) is 15.3. The summed E-state index contributed by atoms with van der Waals surface area (Å²) in [4.78, 5) is 20.3. The van der Waals surface area contributed by atoms with Crippen LogP contribution in [0, 0.1) is 18.6 Å². The Hall–Kier alpha value is -4.08. The topological polar surface area (TPSA) is 110 Å². The summed E-state index contributed by atoms with van der Waals surface area (Å²) < 4.78 is 116. The monoisotopic (exact) mass is 574 g/mol. The van der Waals surface area contributed by atoms with Crippen LogP contribution in [-0.4, -0.2) is 85.2 Å². The number of methoxy groups -OCH3 is 1. The maximum absolute atomic E-state index is 15.5. The fraction of sp³-hybridized carbons (Fsp3) is 0.417. The van der Waals surface area contributed by atoms with Crippen LogP contribution in [0.25, 0.3) is 27.7 Å². The summed E-state index contributed by atoms with van der Waals surface area (Å²) in [5.41, 5.74) is -1.41. The second kappa shape index (κ2) is 10.1. The van der Waals surface area contributed by atoms with E-state index in [1.54, 1.807) is 0 Å². The van der Waals surface area contributed by atoms with Crippen LogP contribution in [0.1, 0.15) is 16.4 Å². The third-order valence-corrected chi connectivity index (χ3v) is 6.65. The number of aliphatic hydroxyl groups excluding tert-OH is 1. The minimum Gasteiger partial charge on any atom is -0.479 e. The van der Waals surface area contributed by atoms with Gasteiger partial charge in [-0.15, -0.1) is 5.10 Å². The number of carbonyl (C=O) groups excluding carboxylic acids is 1. The third kappa shape index (κ3) is 4.76. The molecule has 1 atom stereocenters. The van der Waals surface area contributed by atoms with Crippen molar-refractivity contribution in [2.24, 2.45) is 0 Å².